The van der Waals surface area contributed by atoms with Crippen LogP contribution in [0.25, 0.3) is 10.1 Å². The molecule has 0 aliphatic heterocycles. The normalized spacial score (nSPS) is 10.8. The van der Waals surface area contributed by atoms with Crippen molar-refractivity contribution in [3.8, 4) is 5.75 Å². The second-order valence-corrected chi connectivity index (χ2v) is 4.34. The summed E-state index contributed by atoms with van der Waals surface area (Å²) in [6.07, 6.45) is 0. The largest absolute Gasteiger partial charge is 0.503 e. The van der Waals surface area contributed by atoms with Crippen LogP contribution in [0.1, 0.15) is 10.4 Å². The summed E-state index contributed by atoms with van der Waals surface area (Å²) in [5.41, 5.74) is 5.18. The Bertz CT molecular complexity index is 625. The molecule has 0 bridgehead atoms. The van der Waals surface area contributed by atoms with Crippen LogP contribution in [0.5, 0.6) is 5.75 Å². The number of nitrogens with one attached hydrogen (secondary N) is 1. The van der Waals surface area contributed by atoms with Gasteiger partial charge in [0, 0.05) is 12.4 Å². The number of halogens is 2. The number of aromatic hydroxyl groups is 1. The molecule has 1 heterocycles. The molecule has 7 heteroatoms. The van der Waals surface area contributed by atoms with E-state index in [0.717, 1.165) is 17.4 Å². The van der Waals surface area contributed by atoms with Gasteiger partial charge in [-0.2, -0.15) is 0 Å². The van der Waals surface area contributed by atoms with E-state index in [-0.39, 0.29) is 15.6 Å². The van der Waals surface area contributed by atoms with Crippen LogP contribution in [-0.2, 0) is 0 Å². The van der Waals surface area contributed by atoms with Crippen molar-refractivity contribution < 1.29 is 18.7 Å². The fourth-order valence-corrected chi connectivity index (χ4v) is 2.65. The van der Waals surface area contributed by atoms with Crippen LogP contribution in [-0.4, -0.2) is 18.1 Å². The van der Waals surface area contributed by atoms with Crippen LogP contribution in [0.3, 0.4) is 0 Å². The maximum Gasteiger partial charge on any atom is 0.252 e. The van der Waals surface area contributed by atoms with Gasteiger partial charge in [-0.05, 0) is 6.07 Å². The number of nitrogens with two attached hydrogens (primary N) is 1. The molecule has 2 aromatic rings. The third kappa shape index (κ3) is 1.59. The van der Waals surface area contributed by atoms with Crippen LogP contribution in [0.15, 0.2) is 6.07 Å². The summed E-state index contributed by atoms with van der Waals surface area (Å²) < 4.78 is 26.8. The number of thiophene rings is 1. The summed E-state index contributed by atoms with van der Waals surface area (Å²) in [6.45, 7) is 0. The van der Waals surface area contributed by atoms with Crippen LogP contribution >= 0.6 is 11.3 Å². The van der Waals surface area contributed by atoms with Crippen molar-refractivity contribution in [2.24, 2.45) is 5.73 Å². The van der Waals surface area contributed by atoms with E-state index in [1.807, 2.05) is 0 Å². The molecule has 0 spiro atoms. The highest BCUT2D eigenvalue weighted by Gasteiger charge is 2.22. The predicted octanol–water partition coefficient (Wildman–Crippen LogP) is 2.03. The third-order valence-electron chi connectivity index (χ3n) is 2.32. The highest BCUT2D eigenvalue weighted by molar-refractivity contribution is 7.23. The summed E-state index contributed by atoms with van der Waals surface area (Å²) in [5, 5.41) is 12.2. The van der Waals surface area contributed by atoms with Gasteiger partial charge in [-0.3, -0.25) is 4.79 Å². The number of fused-ring (bicyclic) bond motifs is 1. The molecule has 0 saturated carbocycles. The second-order valence-electron chi connectivity index (χ2n) is 3.32. The maximum absolute atomic E-state index is 13.6. The van der Waals surface area contributed by atoms with E-state index in [0.29, 0.717) is 5.00 Å². The molecule has 4 N–H and O–H groups in total. The number of hydrogen-bond donors (Lipinski definition) is 3. The minimum Gasteiger partial charge on any atom is -0.503 e. The molecule has 1 aromatic heterocycles. The molecule has 1 aromatic carbocycles. The quantitative estimate of drug-likeness (QED) is 0.771. The summed E-state index contributed by atoms with van der Waals surface area (Å²) in [5.74, 6) is -4.06. The monoisotopic (exact) mass is 258 g/mol. The summed E-state index contributed by atoms with van der Waals surface area (Å²) >= 11 is 0.888. The van der Waals surface area contributed by atoms with Gasteiger partial charge in [0.15, 0.2) is 17.4 Å². The highest BCUT2D eigenvalue weighted by atomic mass is 32.1. The first-order valence-electron chi connectivity index (χ1n) is 4.58. The third-order valence-corrected chi connectivity index (χ3v) is 3.54. The summed E-state index contributed by atoms with van der Waals surface area (Å²) in [7, 11) is 1.53. The lowest BCUT2D eigenvalue weighted by molar-refractivity contribution is 0.100. The molecular weight excluding hydrogens is 250 g/mol. The number of benzene rings is 1. The van der Waals surface area contributed by atoms with Crippen molar-refractivity contribution in [2.75, 3.05) is 12.4 Å². The maximum atomic E-state index is 13.6. The molecule has 2 rings (SSSR count). The minimum absolute atomic E-state index is 0.0120. The number of carbonyl (C=O) groups is 1. The lowest BCUT2D eigenvalue weighted by Gasteiger charge is -2.00. The molecule has 0 saturated heterocycles. The Morgan fingerprint density at radius 1 is 1.53 bits per heavy atom. The Morgan fingerprint density at radius 2 is 2.18 bits per heavy atom. The standard InChI is InChI=1S/C10H8F2N2O2S/c1-14-10-5(9(13)16)3-2-4(11)7(15)6(12)8(3)17-10/h2,14-15H,1H3,(H2,13,16). The Morgan fingerprint density at radius 3 is 2.71 bits per heavy atom. The Hall–Kier alpha value is -1.89. The van der Waals surface area contributed by atoms with Gasteiger partial charge >= 0.3 is 0 Å². The Labute approximate surface area is 98.7 Å². The molecule has 0 radical (unpaired) electrons. The van der Waals surface area contributed by atoms with E-state index in [2.05, 4.69) is 5.32 Å². The van der Waals surface area contributed by atoms with Gasteiger partial charge in [0.05, 0.1) is 10.3 Å². The first kappa shape index (κ1) is 11.6. The number of phenolic OH excluding ortho intramolecular Hbond substituents is 1. The molecule has 0 aliphatic rings. The lowest BCUT2D eigenvalue weighted by Crippen LogP contribution is -2.12. The number of amides is 1. The zero-order chi connectivity index (χ0) is 12.7. The van der Waals surface area contributed by atoms with Gasteiger partial charge in [0.25, 0.3) is 5.91 Å². The fourth-order valence-electron chi connectivity index (χ4n) is 1.57. The average Bonchev–Trinajstić information content (AvgIpc) is 2.64. The highest BCUT2D eigenvalue weighted by Crippen LogP contribution is 2.40. The number of rotatable bonds is 2. The molecule has 0 unspecified atom stereocenters. The fraction of sp³-hybridized carbons (Fsp3) is 0.100. The van der Waals surface area contributed by atoms with Gasteiger partial charge in [-0.15, -0.1) is 11.3 Å². The van der Waals surface area contributed by atoms with Crippen molar-refractivity contribution in [1.29, 1.82) is 0 Å². The number of carbonyl (C=O) groups excluding carboxylic acids is 1. The molecule has 0 fully saturated rings. The molecule has 0 aliphatic carbocycles. The van der Waals surface area contributed by atoms with E-state index in [9.17, 15) is 13.6 Å². The van der Waals surface area contributed by atoms with Crippen molar-refractivity contribution in [2.45, 2.75) is 0 Å². The smallest absolute Gasteiger partial charge is 0.252 e. The van der Waals surface area contributed by atoms with E-state index in [1.54, 1.807) is 0 Å². The number of hydrogen-bond acceptors (Lipinski definition) is 4. The topological polar surface area (TPSA) is 75.3 Å². The molecular formula is C10H8F2N2O2S. The van der Waals surface area contributed by atoms with Gasteiger partial charge in [-0.25, -0.2) is 8.78 Å². The van der Waals surface area contributed by atoms with Gasteiger partial charge in [0.1, 0.15) is 5.00 Å². The van der Waals surface area contributed by atoms with Crippen LogP contribution < -0.4 is 11.1 Å². The van der Waals surface area contributed by atoms with Gasteiger partial charge < -0.3 is 16.2 Å². The Kier molecular flexibility index (Phi) is 2.62. The molecule has 1 amide bonds. The average molecular weight is 258 g/mol. The molecule has 90 valence electrons. The lowest BCUT2D eigenvalue weighted by atomic mass is 10.1. The van der Waals surface area contributed by atoms with E-state index < -0.39 is 23.3 Å². The SMILES string of the molecule is CNc1sc2c(F)c(O)c(F)cc2c1C(N)=O. The Balaban J connectivity index is 2.94. The van der Waals surface area contributed by atoms with Crippen molar-refractivity contribution >= 4 is 32.3 Å². The molecule has 17 heavy (non-hydrogen) atoms. The predicted molar refractivity (Wildman–Crippen MR) is 61.5 cm³/mol. The first-order chi connectivity index (χ1) is 7.97. The van der Waals surface area contributed by atoms with E-state index in [1.165, 1.54) is 7.05 Å². The van der Waals surface area contributed by atoms with Crippen LogP contribution in [0, 0.1) is 11.6 Å². The number of anilines is 1. The van der Waals surface area contributed by atoms with Crippen molar-refractivity contribution in [3.05, 3.63) is 23.3 Å². The van der Waals surface area contributed by atoms with Crippen LogP contribution in [0.2, 0.25) is 0 Å². The molecule has 4 nitrogen and oxygen atoms in total. The summed E-state index contributed by atoms with van der Waals surface area (Å²) in [6, 6.07) is 0.894. The van der Waals surface area contributed by atoms with E-state index in [4.69, 9.17) is 10.8 Å². The van der Waals surface area contributed by atoms with Crippen molar-refractivity contribution in [3.63, 3.8) is 0 Å². The van der Waals surface area contributed by atoms with E-state index >= 15 is 0 Å². The number of primary amides is 1. The zero-order valence-corrected chi connectivity index (χ0v) is 9.49. The minimum atomic E-state index is -1.13. The van der Waals surface area contributed by atoms with Gasteiger partial charge in [-0.1, -0.05) is 0 Å². The summed E-state index contributed by atoms with van der Waals surface area (Å²) in [4.78, 5) is 11.2. The zero-order valence-electron chi connectivity index (χ0n) is 8.67. The number of phenols is 1. The molecule has 0 atom stereocenters. The van der Waals surface area contributed by atoms with Gasteiger partial charge in [0.2, 0.25) is 0 Å². The first-order valence-corrected chi connectivity index (χ1v) is 5.40. The second kappa shape index (κ2) is 3.85. The van der Waals surface area contributed by atoms with Crippen molar-refractivity contribution in [1.82, 2.24) is 0 Å². The van der Waals surface area contributed by atoms with Crippen LogP contribution in [0.4, 0.5) is 13.8 Å².